The highest BCUT2D eigenvalue weighted by Gasteiger charge is 2.37. The Kier molecular flexibility index (Phi) is 3.92. The predicted octanol–water partition coefficient (Wildman–Crippen LogP) is 4.13. The Morgan fingerprint density at radius 2 is 2.00 bits per heavy atom. The van der Waals surface area contributed by atoms with Crippen LogP contribution in [0.25, 0.3) is 0 Å². The second kappa shape index (κ2) is 6.12. The van der Waals surface area contributed by atoms with Crippen LogP contribution in [0.3, 0.4) is 0 Å². The Morgan fingerprint density at radius 1 is 1.24 bits per heavy atom. The average molecular weight is 338 g/mol. The van der Waals surface area contributed by atoms with E-state index in [9.17, 15) is 5.11 Å². The molecule has 2 aliphatic rings. The molecule has 1 N–H and O–H groups in total. The molecule has 4 heteroatoms. The molecule has 0 fully saturated rings. The number of aliphatic hydroxyl groups excluding tert-OH is 1. The van der Waals surface area contributed by atoms with Gasteiger partial charge >= 0.3 is 0 Å². The molecule has 2 aliphatic heterocycles. The quantitative estimate of drug-likeness (QED) is 0.855. The normalized spacial score (nSPS) is 23.9. The second-order valence-corrected chi connectivity index (χ2v) is 6.72. The lowest BCUT2D eigenvalue weighted by Crippen LogP contribution is -2.21. The van der Waals surface area contributed by atoms with Gasteiger partial charge in [-0.15, -0.1) is 0 Å². The van der Waals surface area contributed by atoms with Crippen LogP contribution in [0, 0.1) is 0 Å². The molecule has 25 heavy (non-hydrogen) atoms. The number of aliphatic hydroxyl groups is 1. The van der Waals surface area contributed by atoms with Crippen LogP contribution in [0.1, 0.15) is 42.2 Å². The van der Waals surface area contributed by atoms with Gasteiger partial charge in [-0.1, -0.05) is 36.9 Å². The maximum atomic E-state index is 10.8. The van der Waals surface area contributed by atoms with Gasteiger partial charge in [-0.2, -0.15) is 0 Å². The topological polar surface area (TPSA) is 47.9 Å². The Hall–Kier alpha value is -2.46. The zero-order chi connectivity index (χ0) is 17.6. The summed E-state index contributed by atoms with van der Waals surface area (Å²) in [4.78, 5) is 0. The Morgan fingerprint density at radius 3 is 2.68 bits per heavy atom. The van der Waals surface area contributed by atoms with Crippen molar-refractivity contribution in [2.45, 2.75) is 38.1 Å². The van der Waals surface area contributed by atoms with E-state index in [1.807, 2.05) is 43.3 Å². The molecule has 4 rings (SSSR count). The summed E-state index contributed by atoms with van der Waals surface area (Å²) in [5.74, 6) is 2.06. The zero-order valence-electron chi connectivity index (χ0n) is 14.5. The summed E-state index contributed by atoms with van der Waals surface area (Å²) >= 11 is 0. The van der Waals surface area contributed by atoms with Crippen LogP contribution in [0.5, 0.6) is 17.2 Å². The molecule has 0 saturated heterocycles. The van der Waals surface area contributed by atoms with E-state index in [1.54, 1.807) is 7.11 Å². The minimum Gasteiger partial charge on any atom is -0.496 e. The third-order valence-corrected chi connectivity index (χ3v) is 4.97. The molecule has 0 aromatic heterocycles. The van der Waals surface area contributed by atoms with E-state index < -0.39 is 6.10 Å². The van der Waals surface area contributed by atoms with Crippen molar-refractivity contribution in [3.63, 3.8) is 0 Å². The summed E-state index contributed by atoms with van der Waals surface area (Å²) in [6.45, 7) is 5.97. The van der Waals surface area contributed by atoms with Crippen molar-refractivity contribution in [3.05, 3.63) is 65.2 Å². The number of hydrogen-bond donors (Lipinski definition) is 1. The lowest BCUT2D eigenvalue weighted by Gasteiger charge is -2.32. The smallest absolute Gasteiger partial charge is 0.136 e. The largest absolute Gasteiger partial charge is 0.496 e. The van der Waals surface area contributed by atoms with Crippen LogP contribution < -0.4 is 14.2 Å². The fourth-order valence-electron chi connectivity index (χ4n) is 3.63. The molecule has 2 heterocycles. The standard InChI is InChI=1S/C21H22O4/c1-12(2)16-9-14-18(24-16)11-19(23-3)20-15(22)10-17(25-21(14)20)13-7-5-4-6-8-13/h4-8,11,15-17,22H,1,9-10H2,2-3H3. The van der Waals surface area contributed by atoms with Gasteiger partial charge in [0.15, 0.2) is 0 Å². The van der Waals surface area contributed by atoms with Gasteiger partial charge in [0.25, 0.3) is 0 Å². The van der Waals surface area contributed by atoms with E-state index in [-0.39, 0.29) is 12.2 Å². The van der Waals surface area contributed by atoms with Gasteiger partial charge in [0.2, 0.25) is 0 Å². The summed E-state index contributed by atoms with van der Waals surface area (Å²) in [5, 5.41) is 10.8. The van der Waals surface area contributed by atoms with Crippen LogP contribution in [-0.2, 0) is 6.42 Å². The van der Waals surface area contributed by atoms with Crippen molar-refractivity contribution in [2.24, 2.45) is 0 Å². The minimum atomic E-state index is -0.641. The first-order chi connectivity index (χ1) is 12.1. The minimum absolute atomic E-state index is 0.0657. The molecule has 3 unspecified atom stereocenters. The maximum Gasteiger partial charge on any atom is 0.136 e. The van der Waals surface area contributed by atoms with Gasteiger partial charge in [-0.3, -0.25) is 0 Å². The molecule has 0 bridgehead atoms. The van der Waals surface area contributed by atoms with Gasteiger partial charge in [0, 0.05) is 24.5 Å². The fraction of sp³-hybridized carbons (Fsp3) is 0.333. The molecule has 0 spiro atoms. The summed E-state index contributed by atoms with van der Waals surface area (Å²) in [5.41, 5.74) is 3.74. The predicted molar refractivity (Wildman–Crippen MR) is 95.3 cm³/mol. The second-order valence-electron chi connectivity index (χ2n) is 6.72. The summed E-state index contributed by atoms with van der Waals surface area (Å²) < 4.78 is 17.9. The molecule has 0 amide bonds. The molecule has 2 aromatic carbocycles. The number of hydrogen-bond acceptors (Lipinski definition) is 4. The van der Waals surface area contributed by atoms with E-state index in [0.717, 1.165) is 28.0 Å². The fourth-order valence-corrected chi connectivity index (χ4v) is 3.63. The van der Waals surface area contributed by atoms with E-state index >= 15 is 0 Å². The van der Waals surface area contributed by atoms with Crippen molar-refractivity contribution >= 4 is 0 Å². The maximum absolute atomic E-state index is 10.8. The van der Waals surface area contributed by atoms with Crippen LogP contribution in [0.15, 0.2) is 48.6 Å². The number of ether oxygens (including phenoxy) is 3. The van der Waals surface area contributed by atoms with Crippen LogP contribution in [0.4, 0.5) is 0 Å². The molecular weight excluding hydrogens is 316 g/mol. The van der Waals surface area contributed by atoms with E-state index in [2.05, 4.69) is 6.58 Å². The molecule has 2 aromatic rings. The number of rotatable bonds is 3. The molecule has 3 atom stereocenters. The van der Waals surface area contributed by atoms with Gasteiger partial charge in [0.05, 0.1) is 18.8 Å². The Bertz CT molecular complexity index is 812. The highest BCUT2D eigenvalue weighted by atomic mass is 16.5. The SMILES string of the molecule is C=C(C)C1Cc2c(cc(OC)c3c2OC(c2ccccc2)CC3O)O1. The summed E-state index contributed by atoms with van der Waals surface area (Å²) in [6.07, 6.45) is 0.299. The highest BCUT2D eigenvalue weighted by Crippen LogP contribution is 2.52. The third kappa shape index (κ3) is 2.67. The van der Waals surface area contributed by atoms with Gasteiger partial charge in [-0.05, 0) is 18.1 Å². The monoisotopic (exact) mass is 338 g/mol. The number of fused-ring (bicyclic) bond motifs is 3. The molecule has 0 saturated carbocycles. The molecule has 4 nitrogen and oxygen atoms in total. The number of methoxy groups -OCH3 is 1. The first-order valence-electron chi connectivity index (χ1n) is 8.54. The average Bonchev–Trinajstić information content (AvgIpc) is 3.06. The highest BCUT2D eigenvalue weighted by molar-refractivity contribution is 5.61. The van der Waals surface area contributed by atoms with Gasteiger partial charge in [-0.25, -0.2) is 0 Å². The Balaban J connectivity index is 1.79. The van der Waals surface area contributed by atoms with Crippen LogP contribution in [0.2, 0.25) is 0 Å². The zero-order valence-corrected chi connectivity index (χ0v) is 14.5. The van der Waals surface area contributed by atoms with E-state index in [0.29, 0.717) is 24.3 Å². The number of benzene rings is 2. The van der Waals surface area contributed by atoms with Gasteiger partial charge < -0.3 is 19.3 Å². The lowest BCUT2D eigenvalue weighted by molar-refractivity contribution is 0.0625. The van der Waals surface area contributed by atoms with Crippen molar-refractivity contribution in [1.29, 1.82) is 0 Å². The van der Waals surface area contributed by atoms with Gasteiger partial charge in [0.1, 0.15) is 29.5 Å². The van der Waals surface area contributed by atoms with Crippen molar-refractivity contribution < 1.29 is 19.3 Å². The lowest BCUT2D eigenvalue weighted by atomic mass is 9.91. The van der Waals surface area contributed by atoms with E-state index in [4.69, 9.17) is 14.2 Å². The van der Waals surface area contributed by atoms with Crippen molar-refractivity contribution in [2.75, 3.05) is 7.11 Å². The summed E-state index contributed by atoms with van der Waals surface area (Å²) in [6, 6.07) is 11.8. The molecule has 130 valence electrons. The summed E-state index contributed by atoms with van der Waals surface area (Å²) in [7, 11) is 1.60. The molecule has 0 aliphatic carbocycles. The van der Waals surface area contributed by atoms with Crippen molar-refractivity contribution in [3.8, 4) is 17.2 Å². The van der Waals surface area contributed by atoms with Crippen LogP contribution in [-0.4, -0.2) is 18.3 Å². The van der Waals surface area contributed by atoms with Crippen molar-refractivity contribution in [1.82, 2.24) is 0 Å². The van der Waals surface area contributed by atoms with E-state index in [1.165, 1.54) is 0 Å². The first-order valence-corrected chi connectivity index (χ1v) is 8.54. The van der Waals surface area contributed by atoms with Crippen LogP contribution >= 0.6 is 0 Å². The molecular formula is C21H22O4. The Labute approximate surface area is 147 Å². The first kappa shape index (κ1) is 16.0. The third-order valence-electron chi connectivity index (χ3n) is 4.97. The molecule has 0 radical (unpaired) electrons.